The molecule has 5 aromatic rings. The van der Waals surface area contributed by atoms with Gasteiger partial charge in [0.05, 0.1) is 0 Å². The number of aryl methyl sites for hydroxylation is 2. The van der Waals surface area contributed by atoms with Crippen LogP contribution >= 0.6 is 9.64 Å². The van der Waals surface area contributed by atoms with E-state index in [4.69, 9.17) is 0 Å². The van der Waals surface area contributed by atoms with Gasteiger partial charge in [-0.2, -0.15) is 0 Å². The third kappa shape index (κ3) is 11.0. The standard InChI is InChI=1S/C15H24N2.2C9H9N3.2CH4.ClH.Os/c1-3-7-13(8-4-1)15-16-11-12-17(15)14-9-5-2-6-10-14;2*1-12-7-6-11-9(12)8-4-2-3-5-10-8;;;;/h11-14H,1-10H2;2*2-7H,1H3;2*1H4;1H;/q;;;;;;+1/p-1. The van der Waals surface area contributed by atoms with Crippen LogP contribution in [0.2, 0.25) is 0 Å². The first-order valence-corrected chi connectivity index (χ1v) is 18.3. The van der Waals surface area contributed by atoms with Crippen molar-refractivity contribution in [3.63, 3.8) is 0 Å². The Morgan fingerprint density at radius 3 is 1.47 bits per heavy atom. The topological polar surface area (TPSA) is 79.2 Å². The van der Waals surface area contributed by atoms with E-state index in [2.05, 4.69) is 45.3 Å². The van der Waals surface area contributed by atoms with Gasteiger partial charge in [-0.05, 0) is 49.9 Å². The summed E-state index contributed by atoms with van der Waals surface area (Å²) in [4.78, 5) is 21.4. The molecular weight excluding hydrogens is 758 g/mol. The van der Waals surface area contributed by atoms with Crippen LogP contribution in [0.1, 0.15) is 96.8 Å². The second-order valence-electron chi connectivity index (χ2n) is 11.0. The van der Waals surface area contributed by atoms with E-state index in [0.29, 0.717) is 0 Å². The maximum Gasteiger partial charge on any atom is 0.112 e. The summed E-state index contributed by atoms with van der Waals surface area (Å²) >= 11 is 1.33. The second kappa shape index (κ2) is 20.8. The number of aromatic nitrogens is 8. The molecule has 8 nitrogen and oxygen atoms in total. The number of rotatable bonds is 4. The maximum absolute atomic E-state index is 4.68. The van der Waals surface area contributed by atoms with Crippen LogP contribution in [0, 0.1) is 0 Å². The molecule has 0 radical (unpaired) electrons. The van der Waals surface area contributed by atoms with Gasteiger partial charge in [0.2, 0.25) is 0 Å². The number of halogens is 1. The molecule has 2 aliphatic rings. The fraction of sp³-hybridized carbons (Fsp3) is 0.457. The van der Waals surface area contributed by atoms with Gasteiger partial charge >= 0.3 is 27.2 Å². The zero-order valence-corrected chi connectivity index (χ0v) is 28.4. The quantitative estimate of drug-likeness (QED) is 0.181. The van der Waals surface area contributed by atoms with Crippen molar-refractivity contribution in [1.82, 2.24) is 38.6 Å². The van der Waals surface area contributed by atoms with Crippen molar-refractivity contribution >= 4 is 9.64 Å². The van der Waals surface area contributed by atoms with Crippen LogP contribution in [0.4, 0.5) is 0 Å². The molecule has 10 heteroatoms. The van der Waals surface area contributed by atoms with Crippen molar-refractivity contribution < 1.29 is 17.6 Å². The Morgan fingerprint density at radius 2 is 1.04 bits per heavy atom. The smallest absolute Gasteiger partial charge is 0.112 e. The van der Waals surface area contributed by atoms with Crippen LogP contribution in [0.15, 0.2) is 86.0 Å². The third-order valence-corrected chi connectivity index (χ3v) is 8.07. The number of imidazole rings is 3. The minimum atomic E-state index is 0. The first-order chi connectivity index (χ1) is 21.2. The van der Waals surface area contributed by atoms with E-state index in [1.54, 1.807) is 24.8 Å². The molecule has 7 rings (SSSR count). The van der Waals surface area contributed by atoms with Crippen LogP contribution in [0.3, 0.4) is 0 Å². The minimum Gasteiger partial charge on any atom is -0.332 e. The predicted octanol–water partition coefficient (Wildman–Crippen LogP) is 9.36. The first-order valence-electron chi connectivity index (χ1n) is 15.1. The summed E-state index contributed by atoms with van der Waals surface area (Å²) in [7, 11) is 8.58. The molecule has 0 amide bonds. The van der Waals surface area contributed by atoms with E-state index < -0.39 is 0 Å². The zero-order chi connectivity index (χ0) is 30.3. The van der Waals surface area contributed by atoms with Crippen molar-refractivity contribution in [1.29, 1.82) is 0 Å². The molecule has 0 spiro atoms. The molecule has 0 N–H and O–H groups in total. The van der Waals surface area contributed by atoms with E-state index in [9.17, 15) is 0 Å². The Hall–Kier alpha value is -3.14. The van der Waals surface area contributed by atoms with Gasteiger partial charge in [-0.25, -0.2) is 15.0 Å². The van der Waals surface area contributed by atoms with Gasteiger partial charge in [0, 0.05) is 75.6 Å². The Kier molecular flexibility index (Phi) is 17.6. The Balaban J connectivity index is 0.000000228. The molecule has 45 heavy (non-hydrogen) atoms. The van der Waals surface area contributed by atoms with Gasteiger partial charge in [0.1, 0.15) is 17.2 Å². The van der Waals surface area contributed by atoms with Crippen LogP contribution in [-0.4, -0.2) is 38.6 Å². The van der Waals surface area contributed by atoms with Crippen molar-refractivity contribution in [2.45, 2.75) is 91.0 Å². The average Bonchev–Trinajstić information content (AvgIpc) is 3.86. The number of pyridine rings is 2. The molecule has 5 heterocycles. The molecule has 0 aromatic carbocycles. The molecular formula is C35H50ClN8Os. The van der Waals surface area contributed by atoms with Crippen molar-refractivity contribution in [3.8, 4) is 23.0 Å². The summed E-state index contributed by atoms with van der Waals surface area (Å²) in [6.45, 7) is 0. The largest absolute Gasteiger partial charge is 0.332 e. The Morgan fingerprint density at radius 1 is 0.578 bits per heavy atom. The summed E-state index contributed by atoms with van der Waals surface area (Å²) in [5, 5.41) is 0. The normalized spacial score (nSPS) is 14.6. The third-order valence-electron chi connectivity index (χ3n) is 8.07. The SMILES string of the molecule is C.C.Cn1ccnc1-c1ccccn1.Cn1ccnc1-c1ccccn1.[Cl][Os].c1cn(C2CCCCC2)c(C2CCCCC2)n1. The van der Waals surface area contributed by atoms with Crippen LogP contribution in [0.25, 0.3) is 23.0 Å². The number of nitrogens with zero attached hydrogens (tertiary/aromatic N) is 8. The van der Waals surface area contributed by atoms with Crippen molar-refractivity contribution in [2.75, 3.05) is 0 Å². The predicted molar refractivity (Wildman–Crippen MR) is 182 cm³/mol. The summed E-state index contributed by atoms with van der Waals surface area (Å²) in [6.07, 6.45) is 29.1. The van der Waals surface area contributed by atoms with Gasteiger partial charge < -0.3 is 13.7 Å². The molecule has 0 aliphatic heterocycles. The fourth-order valence-corrected chi connectivity index (χ4v) is 5.88. The first kappa shape index (κ1) is 38.0. The molecule has 0 saturated heterocycles. The molecule has 0 atom stereocenters. The summed E-state index contributed by atoms with van der Waals surface area (Å²) in [6, 6.07) is 12.3. The number of hydrogen-bond acceptors (Lipinski definition) is 5. The summed E-state index contributed by atoms with van der Waals surface area (Å²) in [5.41, 5.74) is 1.81. The van der Waals surface area contributed by atoms with Crippen LogP contribution < -0.4 is 0 Å². The van der Waals surface area contributed by atoms with E-state index in [0.717, 1.165) is 35.0 Å². The van der Waals surface area contributed by atoms with E-state index in [-0.39, 0.29) is 14.9 Å². The molecule has 245 valence electrons. The Labute approximate surface area is 284 Å². The van der Waals surface area contributed by atoms with Crippen molar-refractivity contribution in [3.05, 3.63) is 91.8 Å². The molecule has 0 unspecified atom stereocenters. The molecule has 5 aromatic heterocycles. The minimum absolute atomic E-state index is 0. The number of hydrogen-bond donors (Lipinski definition) is 0. The monoisotopic (exact) mass is 809 g/mol. The van der Waals surface area contributed by atoms with E-state index >= 15 is 0 Å². The van der Waals surface area contributed by atoms with Gasteiger partial charge in [-0.15, -0.1) is 0 Å². The molecule has 2 fully saturated rings. The fourth-order valence-electron chi connectivity index (χ4n) is 5.88. The van der Waals surface area contributed by atoms with Crippen molar-refractivity contribution in [2.24, 2.45) is 14.1 Å². The summed E-state index contributed by atoms with van der Waals surface area (Å²) in [5.74, 6) is 3.95. The summed E-state index contributed by atoms with van der Waals surface area (Å²) < 4.78 is 6.42. The second-order valence-corrected chi connectivity index (χ2v) is 11.0. The van der Waals surface area contributed by atoms with E-state index in [1.807, 2.05) is 78.2 Å². The van der Waals surface area contributed by atoms with E-state index in [1.165, 1.54) is 87.6 Å². The van der Waals surface area contributed by atoms with Crippen LogP contribution in [-0.2, 0) is 31.7 Å². The van der Waals surface area contributed by atoms with Gasteiger partial charge in [0.25, 0.3) is 0 Å². The van der Waals surface area contributed by atoms with Gasteiger partial charge in [-0.1, -0.05) is 65.5 Å². The van der Waals surface area contributed by atoms with Gasteiger partial charge in [0.15, 0.2) is 11.6 Å². The molecule has 0 bridgehead atoms. The van der Waals surface area contributed by atoms with Gasteiger partial charge in [-0.3, -0.25) is 9.97 Å². The average molecular weight is 809 g/mol. The Bertz CT molecular complexity index is 1330. The maximum atomic E-state index is 4.68. The zero-order valence-electron chi connectivity index (χ0n) is 25.1. The molecule has 2 saturated carbocycles. The molecule has 2 aliphatic carbocycles. The van der Waals surface area contributed by atoms with Crippen LogP contribution in [0.5, 0.6) is 0 Å².